The number of ether oxygens (including phenoxy) is 2. The van der Waals surface area contributed by atoms with Crippen molar-refractivity contribution >= 4 is 18.0 Å². The van der Waals surface area contributed by atoms with Gasteiger partial charge >= 0.3 is 5.97 Å². The maximum Gasteiger partial charge on any atom is 0.342 e. The molecule has 42 heavy (non-hydrogen) atoms. The number of pyridine rings is 1. The number of nitrogens with zero attached hydrogens (tertiary/aromatic N) is 2. The number of nitrogens with one attached hydrogen (secondary N) is 2. The molecule has 3 aromatic rings. The number of para-hydroxylation sites is 1. The maximum atomic E-state index is 13.2. The molecular weight excluding hydrogens is 542 g/mol. The van der Waals surface area contributed by atoms with Crippen LogP contribution in [0.15, 0.2) is 66.1 Å². The molecular formula is C32H34F2N4O4. The molecule has 0 spiro atoms. The van der Waals surface area contributed by atoms with Gasteiger partial charge in [0.2, 0.25) is 11.8 Å². The second-order valence-electron chi connectivity index (χ2n) is 10.9. The number of benzene rings is 2. The summed E-state index contributed by atoms with van der Waals surface area (Å²) in [6.07, 6.45) is 1.60. The van der Waals surface area contributed by atoms with Gasteiger partial charge in [0.15, 0.2) is 0 Å². The summed E-state index contributed by atoms with van der Waals surface area (Å²) < 4.78 is 38.0. The van der Waals surface area contributed by atoms with Gasteiger partial charge in [-0.3, -0.25) is 4.90 Å². The van der Waals surface area contributed by atoms with Gasteiger partial charge in [-0.15, -0.1) is 0 Å². The third kappa shape index (κ3) is 6.60. The minimum Gasteiger partial charge on any atom is -0.488 e. The van der Waals surface area contributed by atoms with Crippen LogP contribution in [0, 0.1) is 18.3 Å². The number of fused-ring (bicyclic) bond motifs is 1. The van der Waals surface area contributed by atoms with E-state index in [1.807, 2.05) is 31.2 Å². The molecule has 0 atom stereocenters. The number of alkyl halides is 2. The second kappa shape index (κ2) is 12.3. The number of rotatable bonds is 11. The molecule has 220 valence electrons. The number of aryl methyl sites for hydroxylation is 1. The number of methoxy groups -OCH3 is 1. The number of carboxylic acids is 1. The Labute approximate surface area is 243 Å². The van der Waals surface area contributed by atoms with Crippen LogP contribution in [0.3, 0.4) is 0 Å². The number of anilines is 1. The molecule has 8 nitrogen and oxygen atoms in total. The van der Waals surface area contributed by atoms with E-state index in [0.717, 1.165) is 42.7 Å². The standard InChI is InChI=1S/C32H34F2N4O4/c1-20-5-3-6-25(27-7-4-8-28(36-27)37-30(41-2)26(16-35)31(39)40)29(20)42-19-21-9-10-24-18-38(12-11-23(24)13-21)17-22-14-32(33,34)15-22/h3-10,13,16,22,35H,11-12,14-15,17-19H2,1-2H3,(H,36,37)(H,39,40)/b30-26-,35-16?. The zero-order valence-corrected chi connectivity index (χ0v) is 23.6. The molecule has 0 unspecified atom stereocenters. The number of aliphatic carboxylic acids is 1. The molecule has 1 fully saturated rings. The Balaban J connectivity index is 1.29. The average Bonchev–Trinajstić information content (AvgIpc) is 2.95. The highest BCUT2D eigenvalue weighted by atomic mass is 19.3. The average molecular weight is 577 g/mol. The van der Waals surface area contributed by atoms with Crippen molar-refractivity contribution in [2.75, 3.05) is 25.5 Å². The van der Waals surface area contributed by atoms with E-state index in [2.05, 4.69) is 33.4 Å². The Morgan fingerprint density at radius 3 is 2.69 bits per heavy atom. The van der Waals surface area contributed by atoms with Gasteiger partial charge in [0, 0.05) is 44.3 Å². The van der Waals surface area contributed by atoms with Crippen molar-refractivity contribution in [3.05, 3.63) is 88.3 Å². The third-order valence-electron chi connectivity index (χ3n) is 7.74. The predicted molar refractivity (Wildman–Crippen MR) is 156 cm³/mol. The predicted octanol–water partition coefficient (Wildman–Crippen LogP) is 6.04. The summed E-state index contributed by atoms with van der Waals surface area (Å²) in [7, 11) is 1.32. The molecule has 3 N–H and O–H groups in total. The van der Waals surface area contributed by atoms with Gasteiger partial charge in [0.25, 0.3) is 0 Å². The molecule has 0 radical (unpaired) electrons. The molecule has 1 saturated carbocycles. The van der Waals surface area contributed by atoms with Crippen molar-refractivity contribution in [1.82, 2.24) is 9.88 Å². The molecule has 0 saturated heterocycles. The van der Waals surface area contributed by atoms with Gasteiger partial charge in [0.1, 0.15) is 23.7 Å². The van der Waals surface area contributed by atoms with Crippen LogP contribution in [0.5, 0.6) is 5.75 Å². The largest absolute Gasteiger partial charge is 0.488 e. The van der Waals surface area contributed by atoms with Crippen molar-refractivity contribution in [3.63, 3.8) is 0 Å². The molecule has 1 aromatic heterocycles. The van der Waals surface area contributed by atoms with Gasteiger partial charge in [-0.1, -0.05) is 36.4 Å². The smallest absolute Gasteiger partial charge is 0.342 e. The van der Waals surface area contributed by atoms with E-state index in [9.17, 15) is 18.7 Å². The monoisotopic (exact) mass is 576 g/mol. The van der Waals surface area contributed by atoms with Crippen LogP contribution in [0.4, 0.5) is 14.6 Å². The summed E-state index contributed by atoms with van der Waals surface area (Å²) in [5.41, 5.74) is 5.56. The zero-order chi connectivity index (χ0) is 29.9. The van der Waals surface area contributed by atoms with Gasteiger partial charge in [-0.25, -0.2) is 18.6 Å². The van der Waals surface area contributed by atoms with Gasteiger partial charge in [-0.2, -0.15) is 0 Å². The van der Waals surface area contributed by atoms with E-state index in [0.29, 0.717) is 30.1 Å². The number of halogens is 2. The maximum absolute atomic E-state index is 13.2. The van der Waals surface area contributed by atoms with Crippen LogP contribution < -0.4 is 10.1 Å². The topological polar surface area (TPSA) is 108 Å². The summed E-state index contributed by atoms with van der Waals surface area (Å²) >= 11 is 0. The number of aromatic nitrogens is 1. The van der Waals surface area contributed by atoms with Crippen molar-refractivity contribution < 1.29 is 28.2 Å². The molecule has 2 aliphatic rings. The first-order valence-electron chi connectivity index (χ1n) is 13.9. The summed E-state index contributed by atoms with van der Waals surface area (Å²) in [6, 6.07) is 17.5. The van der Waals surface area contributed by atoms with E-state index in [1.54, 1.807) is 12.1 Å². The van der Waals surface area contributed by atoms with Crippen LogP contribution in [0.1, 0.15) is 35.1 Å². The summed E-state index contributed by atoms with van der Waals surface area (Å²) in [6.45, 7) is 4.71. The van der Waals surface area contributed by atoms with Crippen molar-refractivity contribution in [2.24, 2.45) is 5.92 Å². The number of hydrogen-bond donors (Lipinski definition) is 3. The summed E-state index contributed by atoms with van der Waals surface area (Å²) in [4.78, 5) is 18.4. The molecule has 10 heteroatoms. The van der Waals surface area contributed by atoms with Crippen molar-refractivity contribution in [2.45, 2.75) is 45.3 Å². The van der Waals surface area contributed by atoms with Crippen LogP contribution in [0.2, 0.25) is 0 Å². The first-order chi connectivity index (χ1) is 20.2. The second-order valence-corrected chi connectivity index (χ2v) is 10.9. The number of hydrogen-bond acceptors (Lipinski definition) is 7. The lowest BCUT2D eigenvalue weighted by Gasteiger charge is -2.39. The van der Waals surface area contributed by atoms with Crippen molar-refractivity contribution in [3.8, 4) is 17.0 Å². The fraction of sp³-hybridized carbons (Fsp3) is 0.344. The summed E-state index contributed by atoms with van der Waals surface area (Å²) in [5, 5.41) is 19.6. The quantitative estimate of drug-likeness (QED) is 0.145. The SMILES string of the molecule is CO/C(Nc1cccc(-c2cccc(C)c2OCc2ccc3c(c2)CCN(CC2CC(F)(F)C2)C3)n1)=C(/C=N)C(=O)O. The normalized spacial score (nSPS) is 17.0. The lowest BCUT2D eigenvalue weighted by molar-refractivity contribution is -0.132. The van der Waals surface area contributed by atoms with E-state index in [1.165, 1.54) is 18.2 Å². The summed E-state index contributed by atoms with van der Waals surface area (Å²) in [5.74, 6) is -2.73. The van der Waals surface area contributed by atoms with Gasteiger partial charge < -0.3 is 25.3 Å². The Bertz CT molecular complexity index is 1520. The highest BCUT2D eigenvalue weighted by molar-refractivity contribution is 6.08. The Morgan fingerprint density at radius 2 is 1.98 bits per heavy atom. The molecule has 2 heterocycles. The third-order valence-corrected chi connectivity index (χ3v) is 7.74. The van der Waals surface area contributed by atoms with Crippen LogP contribution >= 0.6 is 0 Å². The first kappa shape index (κ1) is 29.2. The Morgan fingerprint density at radius 1 is 1.19 bits per heavy atom. The molecule has 2 aromatic carbocycles. The molecule has 5 rings (SSSR count). The highest BCUT2D eigenvalue weighted by Crippen LogP contribution is 2.43. The van der Waals surface area contributed by atoms with Gasteiger partial charge in [-0.05, 0) is 59.7 Å². The lowest BCUT2D eigenvalue weighted by atomic mass is 9.80. The minimum absolute atomic E-state index is 0.00544. The van der Waals surface area contributed by atoms with Crippen LogP contribution in [-0.4, -0.2) is 53.3 Å². The van der Waals surface area contributed by atoms with E-state index in [4.69, 9.17) is 14.9 Å². The minimum atomic E-state index is -2.47. The highest BCUT2D eigenvalue weighted by Gasteiger charge is 2.45. The van der Waals surface area contributed by atoms with Crippen molar-refractivity contribution in [1.29, 1.82) is 5.41 Å². The zero-order valence-electron chi connectivity index (χ0n) is 23.6. The Kier molecular flexibility index (Phi) is 8.54. The molecule has 0 amide bonds. The van der Waals surface area contributed by atoms with E-state index < -0.39 is 11.9 Å². The van der Waals surface area contributed by atoms with E-state index in [-0.39, 0.29) is 30.2 Å². The van der Waals surface area contributed by atoms with E-state index >= 15 is 0 Å². The lowest BCUT2D eigenvalue weighted by Crippen LogP contribution is -2.43. The first-order valence-corrected chi connectivity index (χ1v) is 13.9. The number of carbonyl (C=O) groups is 1. The Hall–Kier alpha value is -4.31. The molecule has 1 aliphatic heterocycles. The fourth-order valence-electron chi connectivity index (χ4n) is 5.61. The van der Waals surface area contributed by atoms with Crippen LogP contribution in [-0.2, 0) is 29.1 Å². The fourth-order valence-corrected chi connectivity index (χ4v) is 5.61. The molecule has 1 aliphatic carbocycles. The molecule has 0 bridgehead atoms. The van der Waals surface area contributed by atoms with Gasteiger partial charge in [0.05, 0.1) is 12.8 Å². The number of carboxylic acid groups (broad SMARTS) is 1. The van der Waals surface area contributed by atoms with Crippen LogP contribution in [0.25, 0.3) is 11.3 Å².